The van der Waals surface area contributed by atoms with Crippen LogP contribution < -0.4 is 20.1 Å². The van der Waals surface area contributed by atoms with Crippen LogP contribution in [0.5, 0.6) is 11.5 Å². The molecule has 1 saturated heterocycles. The second-order valence-electron chi connectivity index (χ2n) is 8.76. The van der Waals surface area contributed by atoms with Crippen molar-refractivity contribution < 1.29 is 14.3 Å². The molecule has 0 radical (unpaired) electrons. The molecule has 7 heteroatoms. The highest BCUT2D eigenvalue weighted by atomic mass is 16.5. The highest BCUT2D eigenvalue weighted by molar-refractivity contribution is 5.81. The van der Waals surface area contributed by atoms with Gasteiger partial charge in [0.15, 0.2) is 17.5 Å². The Morgan fingerprint density at radius 2 is 1.94 bits per heavy atom. The van der Waals surface area contributed by atoms with Crippen LogP contribution in [0.3, 0.4) is 0 Å². The Kier molecular flexibility index (Phi) is 8.04. The number of likely N-dealkylation sites (tertiary alicyclic amines) is 1. The number of carbonyl (C=O) groups excluding carboxylic acids is 1. The van der Waals surface area contributed by atoms with E-state index in [1.807, 2.05) is 13.1 Å². The fourth-order valence-electron chi connectivity index (χ4n) is 4.81. The second-order valence-corrected chi connectivity index (χ2v) is 8.76. The molecule has 1 aromatic carbocycles. The molecule has 1 unspecified atom stereocenters. The highest BCUT2D eigenvalue weighted by Crippen LogP contribution is 2.42. The number of hydrogen-bond donors (Lipinski definition) is 2. The first-order chi connectivity index (χ1) is 15.0. The number of nitrogens with one attached hydrogen (secondary N) is 2. The van der Waals surface area contributed by atoms with Crippen LogP contribution >= 0.6 is 0 Å². The van der Waals surface area contributed by atoms with Gasteiger partial charge < -0.3 is 25.0 Å². The summed E-state index contributed by atoms with van der Waals surface area (Å²) in [6.45, 7) is 4.32. The lowest BCUT2D eigenvalue weighted by Crippen LogP contribution is -2.52. The number of benzene rings is 1. The number of piperidine rings is 1. The van der Waals surface area contributed by atoms with E-state index in [1.54, 1.807) is 19.1 Å². The number of guanidine groups is 1. The minimum atomic E-state index is -0.000521. The summed E-state index contributed by atoms with van der Waals surface area (Å²) < 4.78 is 11.0. The number of aliphatic imine (C=N–C) groups is 1. The molecule has 1 amide bonds. The van der Waals surface area contributed by atoms with Crippen LogP contribution in [-0.4, -0.2) is 63.7 Å². The van der Waals surface area contributed by atoms with Crippen LogP contribution in [-0.2, 0) is 10.2 Å². The molecule has 1 heterocycles. The average molecular weight is 431 g/mol. The largest absolute Gasteiger partial charge is 0.493 e. The van der Waals surface area contributed by atoms with Gasteiger partial charge in [-0.1, -0.05) is 25.3 Å². The third-order valence-corrected chi connectivity index (χ3v) is 6.66. The zero-order valence-corrected chi connectivity index (χ0v) is 19.5. The van der Waals surface area contributed by atoms with Crippen molar-refractivity contribution in [1.29, 1.82) is 0 Å². The van der Waals surface area contributed by atoms with Crippen molar-refractivity contribution in [3.63, 3.8) is 0 Å². The van der Waals surface area contributed by atoms with Gasteiger partial charge in [-0.25, -0.2) is 0 Å². The van der Waals surface area contributed by atoms with Crippen LogP contribution in [0.4, 0.5) is 0 Å². The van der Waals surface area contributed by atoms with Crippen LogP contribution in [0, 0.1) is 0 Å². The maximum Gasteiger partial charge on any atom is 0.222 e. The van der Waals surface area contributed by atoms with E-state index in [2.05, 4.69) is 29.7 Å². The van der Waals surface area contributed by atoms with Crippen molar-refractivity contribution in [2.45, 2.75) is 63.3 Å². The molecule has 1 saturated carbocycles. The van der Waals surface area contributed by atoms with Gasteiger partial charge in [0.05, 0.1) is 20.8 Å². The van der Waals surface area contributed by atoms with Crippen molar-refractivity contribution in [2.24, 2.45) is 4.99 Å². The molecule has 172 valence electrons. The maximum atomic E-state index is 11.8. The summed E-state index contributed by atoms with van der Waals surface area (Å²) in [6.07, 6.45) is 7.36. The zero-order chi connectivity index (χ0) is 22.3. The molecule has 2 fully saturated rings. The van der Waals surface area contributed by atoms with Crippen molar-refractivity contribution >= 4 is 11.9 Å². The Morgan fingerprint density at radius 1 is 1.19 bits per heavy atom. The molecule has 7 nitrogen and oxygen atoms in total. The van der Waals surface area contributed by atoms with Crippen LogP contribution in [0.25, 0.3) is 0 Å². The second kappa shape index (κ2) is 10.7. The molecule has 0 bridgehead atoms. The van der Waals surface area contributed by atoms with E-state index < -0.39 is 0 Å². The number of hydrogen-bond acceptors (Lipinski definition) is 4. The van der Waals surface area contributed by atoms with Gasteiger partial charge in [0.2, 0.25) is 5.91 Å². The van der Waals surface area contributed by atoms with Gasteiger partial charge in [0, 0.05) is 38.0 Å². The number of amides is 1. The number of rotatable bonds is 7. The van der Waals surface area contributed by atoms with Crippen molar-refractivity contribution in [1.82, 2.24) is 15.5 Å². The minimum Gasteiger partial charge on any atom is -0.493 e. The number of ether oxygens (including phenoxy) is 2. The molecule has 1 aromatic rings. The molecule has 1 aliphatic heterocycles. The first-order valence-corrected chi connectivity index (χ1v) is 11.5. The number of carbonyl (C=O) groups is 1. The quantitative estimate of drug-likeness (QED) is 0.514. The lowest BCUT2D eigenvalue weighted by Gasteiger charge is -2.37. The molecule has 2 N–H and O–H groups in total. The Morgan fingerprint density at radius 3 is 2.58 bits per heavy atom. The van der Waals surface area contributed by atoms with Crippen LogP contribution in [0.2, 0.25) is 0 Å². The fraction of sp³-hybridized carbons (Fsp3) is 0.667. The van der Waals surface area contributed by atoms with Crippen molar-refractivity contribution in [2.75, 3.05) is 40.9 Å². The molecule has 0 aromatic heterocycles. The van der Waals surface area contributed by atoms with Gasteiger partial charge in [-0.15, -0.1) is 0 Å². The summed E-state index contributed by atoms with van der Waals surface area (Å²) in [6, 6.07) is 6.53. The Balaban J connectivity index is 1.81. The van der Waals surface area contributed by atoms with E-state index >= 15 is 0 Å². The summed E-state index contributed by atoms with van der Waals surface area (Å²) in [5, 5.41) is 6.95. The smallest absolute Gasteiger partial charge is 0.222 e. The normalized spacial score (nSPS) is 21.5. The lowest BCUT2D eigenvalue weighted by molar-refractivity contribution is -0.132. The molecular weight excluding hydrogens is 392 g/mol. The predicted molar refractivity (Wildman–Crippen MR) is 124 cm³/mol. The van der Waals surface area contributed by atoms with Gasteiger partial charge in [0.1, 0.15) is 0 Å². The third kappa shape index (κ3) is 5.63. The van der Waals surface area contributed by atoms with Crippen LogP contribution in [0.1, 0.15) is 57.4 Å². The van der Waals surface area contributed by atoms with Crippen molar-refractivity contribution in [3.8, 4) is 11.5 Å². The van der Waals surface area contributed by atoms with E-state index in [4.69, 9.17) is 14.5 Å². The maximum absolute atomic E-state index is 11.8. The van der Waals surface area contributed by atoms with E-state index in [-0.39, 0.29) is 17.4 Å². The first kappa shape index (κ1) is 23.2. The summed E-state index contributed by atoms with van der Waals surface area (Å²) in [4.78, 5) is 18.7. The Labute approximate surface area is 186 Å². The summed E-state index contributed by atoms with van der Waals surface area (Å²) >= 11 is 0. The predicted octanol–water partition coefficient (Wildman–Crippen LogP) is 3.08. The minimum absolute atomic E-state index is 0.000521. The standard InChI is InChI=1S/C24H38N4O3/c1-5-25-23(27-19-10-12-22(29)28(2)16-19)26-17-24(13-7-6-8-14-24)18-9-11-20(30-3)21(15-18)31-4/h9,11,15,19H,5-8,10,12-14,16-17H2,1-4H3,(H2,25,26,27). The molecule has 1 aliphatic carbocycles. The number of methoxy groups -OCH3 is 2. The highest BCUT2D eigenvalue weighted by Gasteiger charge is 2.35. The van der Waals surface area contributed by atoms with Crippen molar-refractivity contribution in [3.05, 3.63) is 23.8 Å². The monoisotopic (exact) mass is 430 g/mol. The summed E-state index contributed by atoms with van der Waals surface area (Å²) in [5.41, 5.74) is 1.27. The summed E-state index contributed by atoms with van der Waals surface area (Å²) in [5.74, 6) is 2.58. The summed E-state index contributed by atoms with van der Waals surface area (Å²) in [7, 11) is 5.23. The van der Waals surface area contributed by atoms with Crippen LogP contribution in [0.15, 0.2) is 23.2 Å². The molecular formula is C24H38N4O3. The SMILES string of the molecule is CCNC(=NCC1(c2ccc(OC)c(OC)c2)CCCCC1)NC1CCC(=O)N(C)C1. The molecule has 31 heavy (non-hydrogen) atoms. The molecule has 1 atom stereocenters. The van der Waals surface area contributed by atoms with E-state index in [1.165, 1.54) is 24.8 Å². The fourth-order valence-corrected chi connectivity index (χ4v) is 4.81. The molecule has 0 spiro atoms. The third-order valence-electron chi connectivity index (χ3n) is 6.66. The Bertz CT molecular complexity index is 774. The van der Waals surface area contributed by atoms with Gasteiger partial charge in [0.25, 0.3) is 0 Å². The van der Waals surface area contributed by atoms with Gasteiger partial charge >= 0.3 is 0 Å². The molecule has 2 aliphatic rings. The van der Waals surface area contributed by atoms with E-state index in [0.717, 1.165) is 49.8 Å². The van der Waals surface area contributed by atoms with Gasteiger partial charge in [-0.3, -0.25) is 9.79 Å². The lowest BCUT2D eigenvalue weighted by atomic mass is 9.69. The zero-order valence-electron chi connectivity index (χ0n) is 19.5. The topological polar surface area (TPSA) is 75.2 Å². The molecule has 3 rings (SSSR count). The Hall–Kier alpha value is -2.44. The number of nitrogens with zero attached hydrogens (tertiary/aromatic N) is 2. The first-order valence-electron chi connectivity index (χ1n) is 11.5. The van der Waals surface area contributed by atoms with Gasteiger partial charge in [-0.2, -0.15) is 0 Å². The number of likely N-dealkylation sites (N-methyl/N-ethyl adjacent to an activating group) is 1. The van der Waals surface area contributed by atoms with Gasteiger partial charge in [-0.05, 0) is 43.9 Å². The van der Waals surface area contributed by atoms with E-state index in [9.17, 15) is 4.79 Å². The van der Waals surface area contributed by atoms with E-state index in [0.29, 0.717) is 13.0 Å². The average Bonchev–Trinajstić information content (AvgIpc) is 2.80.